The summed E-state index contributed by atoms with van der Waals surface area (Å²) >= 11 is 0. The van der Waals surface area contributed by atoms with Crippen molar-refractivity contribution in [3.05, 3.63) is 65.2 Å². The normalized spacial score (nSPS) is 27.6. The van der Waals surface area contributed by atoms with Gasteiger partial charge in [0.2, 0.25) is 5.91 Å². The fraction of sp³-hybridized carbons (Fsp3) is 0.409. The zero-order valence-electron chi connectivity index (χ0n) is 15.4. The van der Waals surface area contributed by atoms with Crippen LogP contribution >= 0.6 is 0 Å². The minimum absolute atomic E-state index is 0.0199. The van der Waals surface area contributed by atoms with E-state index in [0.29, 0.717) is 12.3 Å². The van der Waals surface area contributed by atoms with Gasteiger partial charge >= 0.3 is 0 Å². The molecule has 26 heavy (non-hydrogen) atoms. The molecule has 1 unspecified atom stereocenters. The molecule has 2 aromatic rings. The summed E-state index contributed by atoms with van der Waals surface area (Å²) in [4.78, 5) is 14.9. The Kier molecular flexibility index (Phi) is 4.23. The number of phenolic OH excluding ortho intramolecular Hbond substituents is 1. The zero-order valence-corrected chi connectivity index (χ0v) is 15.4. The molecule has 0 saturated heterocycles. The van der Waals surface area contributed by atoms with Crippen LogP contribution < -0.4 is 5.32 Å². The van der Waals surface area contributed by atoms with Crippen LogP contribution in [-0.4, -0.2) is 35.5 Å². The quantitative estimate of drug-likeness (QED) is 0.891. The van der Waals surface area contributed by atoms with Crippen molar-refractivity contribution in [3.63, 3.8) is 0 Å². The van der Waals surface area contributed by atoms with E-state index in [-0.39, 0.29) is 23.3 Å². The van der Waals surface area contributed by atoms with E-state index >= 15 is 0 Å². The number of aromatic hydroxyl groups is 1. The summed E-state index contributed by atoms with van der Waals surface area (Å²) in [5.41, 5.74) is 3.67. The van der Waals surface area contributed by atoms with Crippen LogP contribution in [-0.2, 0) is 23.2 Å². The molecule has 1 fully saturated rings. The number of nitrogens with one attached hydrogen (secondary N) is 1. The number of nitrogens with zero attached hydrogens (tertiary/aromatic N) is 1. The van der Waals surface area contributed by atoms with Crippen molar-refractivity contribution in [1.29, 1.82) is 0 Å². The molecule has 0 spiro atoms. The molecule has 0 bridgehead atoms. The first-order valence-corrected chi connectivity index (χ1v) is 9.31. The molecule has 1 aliphatic carbocycles. The molecular formula is C22H26N2O2. The van der Waals surface area contributed by atoms with E-state index in [1.807, 2.05) is 30.3 Å². The van der Waals surface area contributed by atoms with Crippen LogP contribution in [0.3, 0.4) is 0 Å². The SMILES string of the molecule is CN1Cc2cc(O)ccc2CC1CNC(=O)[C@@H]1C[C@]1(C)c1ccccc1. The number of carbonyl (C=O) groups is 1. The third kappa shape index (κ3) is 3.10. The maximum atomic E-state index is 12.7. The fourth-order valence-corrected chi connectivity index (χ4v) is 4.22. The Hall–Kier alpha value is -2.33. The summed E-state index contributed by atoms with van der Waals surface area (Å²) in [5, 5.41) is 12.8. The summed E-state index contributed by atoms with van der Waals surface area (Å²) in [7, 11) is 2.08. The highest BCUT2D eigenvalue weighted by molar-refractivity contribution is 5.84. The monoisotopic (exact) mass is 350 g/mol. The highest BCUT2D eigenvalue weighted by Crippen LogP contribution is 2.53. The van der Waals surface area contributed by atoms with Gasteiger partial charge in [-0.15, -0.1) is 0 Å². The maximum absolute atomic E-state index is 12.7. The Morgan fingerprint density at radius 3 is 2.77 bits per heavy atom. The summed E-state index contributed by atoms with van der Waals surface area (Å²) in [6.07, 6.45) is 1.82. The second-order valence-electron chi connectivity index (χ2n) is 8.01. The molecule has 2 aliphatic rings. The van der Waals surface area contributed by atoms with E-state index in [2.05, 4.69) is 36.3 Å². The third-order valence-corrected chi connectivity index (χ3v) is 6.19. The predicted octanol–water partition coefficient (Wildman–Crippen LogP) is 2.84. The first-order chi connectivity index (χ1) is 12.5. The predicted molar refractivity (Wildman–Crippen MR) is 102 cm³/mol. The Bertz CT molecular complexity index is 820. The van der Waals surface area contributed by atoms with Crippen LogP contribution in [0.15, 0.2) is 48.5 Å². The highest BCUT2D eigenvalue weighted by Gasteiger charge is 2.55. The minimum Gasteiger partial charge on any atom is -0.508 e. The molecule has 1 amide bonds. The van der Waals surface area contributed by atoms with Crippen LogP contribution in [0.5, 0.6) is 5.75 Å². The molecular weight excluding hydrogens is 324 g/mol. The molecule has 3 atom stereocenters. The van der Waals surface area contributed by atoms with E-state index in [1.54, 1.807) is 6.07 Å². The molecule has 1 saturated carbocycles. The summed E-state index contributed by atoms with van der Waals surface area (Å²) < 4.78 is 0. The number of hydrogen-bond acceptors (Lipinski definition) is 3. The molecule has 2 aromatic carbocycles. The topological polar surface area (TPSA) is 52.6 Å². The Balaban J connectivity index is 1.36. The zero-order chi connectivity index (χ0) is 18.3. The first kappa shape index (κ1) is 17.1. The number of amides is 1. The van der Waals surface area contributed by atoms with Crippen LogP contribution in [0.25, 0.3) is 0 Å². The molecule has 4 rings (SSSR count). The van der Waals surface area contributed by atoms with Gasteiger partial charge in [-0.3, -0.25) is 9.69 Å². The van der Waals surface area contributed by atoms with Crippen molar-refractivity contribution in [3.8, 4) is 5.75 Å². The van der Waals surface area contributed by atoms with Gasteiger partial charge in [0, 0.05) is 30.5 Å². The summed E-state index contributed by atoms with van der Waals surface area (Å²) in [5.74, 6) is 0.558. The third-order valence-electron chi connectivity index (χ3n) is 6.19. The van der Waals surface area contributed by atoms with Crippen molar-refractivity contribution in [2.24, 2.45) is 5.92 Å². The molecule has 4 nitrogen and oxygen atoms in total. The lowest BCUT2D eigenvalue weighted by Gasteiger charge is -2.34. The van der Waals surface area contributed by atoms with E-state index in [4.69, 9.17) is 0 Å². The number of benzene rings is 2. The highest BCUT2D eigenvalue weighted by atomic mass is 16.3. The van der Waals surface area contributed by atoms with Crippen molar-refractivity contribution < 1.29 is 9.90 Å². The van der Waals surface area contributed by atoms with E-state index in [1.165, 1.54) is 16.7 Å². The van der Waals surface area contributed by atoms with Gasteiger partial charge in [-0.1, -0.05) is 43.3 Å². The lowest BCUT2D eigenvalue weighted by molar-refractivity contribution is -0.123. The van der Waals surface area contributed by atoms with Gasteiger partial charge in [0.25, 0.3) is 0 Å². The first-order valence-electron chi connectivity index (χ1n) is 9.31. The fourth-order valence-electron chi connectivity index (χ4n) is 4.22. The van der Waals surface area contributed by atoms with Crippen molar-refractivity contribution in [1.82, 2.24) is 10.2 Å². The smallest absolute Gasteiger partial charge is 0.224 e. The van der Waals surface area contributed by atoms with Crippen molar-refractivity contribution >= 4 is 5.91 Å². The van der Waals surface area contributed by atoms with Crippen molar-refractivity contribution in [2.75, 3.05) is 13.6 Å². The molecule has 1 heterocycles. The van der Waals surface area contributed by atoms with E-state index in [0.717, 1.165) is 19.4 Å². The van der Waals surface area contributed by atoms with Gasteiger partial charge in [0.15, 0.2) is 0 Å². The van der Waals surface area contributed by atoms with Gasteiger partial charge in [0.1, 0.15) is 5.75 Å². The number of fused-ring (bicyclic) bond motifs is 1. The summed E-state index contributed by atoms with van der Waals surface area (Å²) in [6, 6.07) is 16.2. The lowest BCUT2D eigenvalue weighted by atomic mass is 9.93. The second-order valence-corrected chi connectivity index (χ2v) is 8.01. The van der Waals surface area contributed by atoms with E-state index in [9.17, 15) is 9.90 Å². The molecule has 1 aliphatic heterocycles. The number of carbonyl (C=O) groups excluding carboxylic acids is 1. The second kappa shape index (κ2) is 6.44. The van der Waals surface area contributed by atoms with E-state index < -0.39 is 0 Å². The number of likely N-dealkylation sites (N-methyl/N-ethyl adjacent to an activating group) is 1. The number of phenols is 1. The van der Waals surface area contributed by atoms with Crippen LogP contribution in [0.4, 0.5) is 0 Å². The van der Waals surface area contributed by atoms with Gasteiger partial charge in [0.05, 0.1) is 0 Å². The van der Waals surface area contributed by atoms with Gasteiger partial charge < -0.3 is 10.4 Å². The van der Waals surface area contributed by atoms with Crippen LogP contribution in [0.2, 0.25) is 0 Å². The maximum Gasteiger partial charge on any atom is 0.224 e. The Morgan fingerprint density at radius 2 is 2.00 bits per heavy atom. The number of rotatable bonds is 4. The minimum atomic E-state index is -0.0199. The Labute approximate surface area is 154 Å². The molecule has 2 N–H and O–H groups in total. The van der Waals surface area contributed by atoms with Crippen LogP contribution in [0.1, 0.15) is 30.0 Å². The largest absolute Gasteiger partial charge is 0.508 e. The van der Waals surface area contributed by atoms with Gasteiger partial charge in [-0.25, -0.2) is 0 Å². The Morgan fingerprint density at radius 1 is 1.23 bits per heavy atom. The van der Waals surface area contributed by atoms with Crippen molar-refractivity contribution in [2.45, 2.75) is 37.8 Å². The number of hydrogen-bond donors (Lipinski definition) is 2. The van der Waals surface area contributed by atoms with Gasteiger partial charge in [-0.2, -0.15) is 0 Å². The molecule has 4 heteroatoms. The van der Waals surface area contributed by atoms with Gasteiger partial charge in [-0.05, 0) is 48.7 Å². The standard InChI is InChI=1S/C22H26N2O2/c1-22(17-6-4-3-5-7-17)12-20(22)21(26)23-13-18-10-15-8-9-19(25)11-16(15)14-24(18)2/h3-9,11,18,20,25H,10,12-14H2,1-2H3,(H,23,26)/t18?,20-,22+/m0/s1. The summed E-state index contributed by atoms with van der Waals surface area (Å²) in [6.45, 7) is 3.65. The van der Waals surface area contributed by atoms with Crippen LogP contribution in [0, 0.1) is 5.92 Å². The molecule has 0 aromatic heterocycles. The lowest BCUT2D eigenvalue weighted by Crippen LogP contribution is -2.46. The molecule has 0 radical (unpaired) electrons. The average Bonchev–Trinajstić information content (AvgIpc) is 3.34. The molecule has 136 valence electrons. The average molecular weight is 350 g/mol.